The number of halogens is 3. The molecule has 1 fully saturated rings. The second-order valence-electron chi connectivity index (χ2n) is 7.65. The highest BCUT2D eigenvalue weighted by Crippen LogP contribution is 2.37. The normalized spacial score (nSPS) is 20.6. The maximum Gasteiger partial charge on any atom is 0.416 e. The van der Waals surface area contributed by atoms with Crippen LogP contribution in [-0.4, -0.2) is 40.8 Å². The Hall–Kier alpha value is -2.35. The molecule has 0 amide bonds. The highest BCUT2D eigenvalue weighted by molar-refractivity contribution is 5.69. The fraction of sp³-hybridized carbons (Fsp3) is 0.524. The van der Waals surface area contributed by atoms with Crippen molar-refractivity contribution in [3.8, 4) is 0 Å². The molecule has 1 aliphatic heterocycles. The molecule has 0 spiro atoms. The average Bonchev–Trinajstić information content (AvgIpc) is 3.09. The van der Waals surface area contributed by atoms with Crippen LogP contribution in [0.1, 0.15) is 42.0 Å². The number of hydrogen-bond donors (Lipinski definition) is 0. The number of carbonyl (C=O) groups excluding carboxylic acids is 1. The van der Waals surface area contributed by atoms with E-state index in [4.69, 9.17) is 4.74 Å². The maximum atomic E-state index is 12.8. The van der Waals surface area contributed by atoms with Gasteiger partial charge in [-0.05, 0) is 56.1 Å². The first-order valence-electron chi connectivity index (χ1n) is 9.74. The number of piperidine rings is 1. The fourth-order valence-corrected chi connectivity index (χ4v) is 3.95. The van der Waals surface area contributed by atoms with Gasteiger partial charge in [0.25, 0.3) is 0 Å². The molecule has 2 heterocycles. The molecule has 2 atom stereocenters. The van der Waals surface area contributed by atoms with Crippen molar-refractivity contribution in [3.05, 3.63) is 53.3 Å². The minimum atomic E-state index is -4.35. The van der Waals surface area contributed by atoms with Crippen molar-refractivity contribution >= 4 is 5.97 Å². The van der Waals surface area contributed by atoms with Crippen molar-refractivity contribution in [3.63, 3.8) is 0 Å². The Morgan fingerprint density at radius 1 is 1.24 bits per heavy atom. The highest BCUT2D eigenvalue weighted by atomic mass is 19.4. The molecule has 0 radical (unpaired) electrons. The monoisotopic (exact) mass is 409 g/mol. The zero-order valence-electron chi connectivity index (χ0n) is 16.7. The van der Waals surface area contributed by atoms with Gasteiger partial charge >= 0.3 is 12.1 Å². The van der Waals surface area contributed by atoms with Crippen LogP contribution in [0.25, 0.3) is 0 Å². The highest BCUT2D eigenvalue weighted by Gasteiger charge is 2.33. The number of rotatable bonds is 6. The number of likely N-dealkylation sites (tertiary alicyclic amines) is 1. The summed E-state index contributed by atoms with van der Waals surface area (Å²) in [7, 11) is 3.78. The number of aryl methyl sites for hydroxylation is 2. The van der Waals surface area contributed by atoms with Crippen LogP contribution in [0.5, 0.6) is 0 Å². The van der Waals surface area contributed by atoms with Gasteiger partial charge in [-0.2, -0.15) is 18.3 Å². The van der Waals surface area contributed by atoms with Gasteiger partial charge in [-0.3, -0.25) is 14.4 Å². The van der Waals surface area contributed by atoms with Gasteiger partial charge in [0.05, 0.1) is 18.4 Å². The Bertz CT molecular complexity index is 817. The topological polar surface area (TPSA) is 47.4 Å². The summed E-state index contributed by atoms with van der Waals surface area (Å²) in [6.45, 7) is 1.12. The standard InChI is InChI=1S/C21H26F3N3O2/c1-26-11-3-4-17(14-29-19(28)10-5-15-12-25-27(2)13-15)20(26)16-6-8-18(9-7-16)21(22,23)24/h6-9,12-13,17,20H,3-5,10-11,14H2,1-2H3/t17-,20-/m0/s1. The number of ether oxygens (including phenoxy) is 1. The van der Waals surface area contributed by atoms with Crippen LogP contribution in [0, 0.1) is 5.92 Å². The van der Waals surface area contributed by atoms with E-state index in [0.717, 1.165) is 42.6 Å². The Morgan fingerprint density at radius 2 is 1.97 bits per heavy atom. The number of hydrogen-bond acceptors (Lipinski definition) is 4. The molecule has 1 aliphatic rings. The van der Waals surface area contributed by atoms with Crippen LogP contribution in [-0.2, 0) is 29.2 Å². The van der Waals surface area contributed by atoms with Crippen molar-refractivity contribution in [2.75, 3.05) is 20.2 Å². The minimum Gasteiger partial charge on any atom is -0.465 e. The van der Waals surface area contributed by atoms with Gasteiger partial charge < -0.3 is 4.74 Å². The molecule has 1 aromatic carbocycles. The first-order valence-corrected chi connectivity index (χ1v) is 9.74. The lowest BCUT2D eigenvalue weighted by molar-refractivity contribution is -0.146. The lowest BCUT2D eigenvalue weighted by Gasteiger charge is -2.39. The lowest BCUT2D eigenvalue weighted by atomic mass is 9.85. The second-order valence-corrected chi connectivity index (χ2v) is 7.65. The molecule has 0 bridgehead atoms. The SMILES string of the molecule is CN1CCC[C@@H](COC(=O)CCc2cnn(C)c2)[C@@H]1c1ccc(C(F)(F)F)cc1. The second kappa shape index (κ2) is 8.98. The van der Waals surface area contributed by atoms with Crippen LogP contribution in [0.2, 0.25) is 0 Å². The van der Waals surface area contributed by atoms with Gasteiger partial charge in [0.1, 0.15) is 0 Å². The predicted octanol–water partition coefficient (Wildman–Crippen LogP) is 4.00. The largest absolute Gasteiger partial charge is 0.465 e. The molecule has 1 saturated heterocycles. The summed E-state index contributed by atoms with van der Waals surface area (Å²) in [5.41, 5.74) is 1.14. The first kappa shape index (κ1) is 21.4. The Morgan fingerprint density at radius 3 is 2.59 bits per heavy atom. The van der Waals surface area contributed by atoms with E-state index in [0.29, 0.717) is 6.42 Å². The molecular weight excluding hydrogens is 383 g/mol. The molecule has 0 N–H and O–H groups in total. The molecule has 8 heteroatoms. The van der Waals surface area contributed by atoms with Gasteiger partial charge in [0.15, 0.2) is 0 Å². The maximum absolute atomic E-state index is 12.8. The van der Waals surface area contributed by atoms with Crippen molar-refractivity contribution in [2.24, 2.45) is 13.0 Å². The predicted molar refractivity (Wildman–Crippen MR) is 102 cm³/mol. The van der Waals surface area contributed by atoms with Crippen LogP contribution in [0.15, 0.2) is 36.7 Å². The molecule has 0 unspecified atom stereocenters. The zero-order valence-corrected chi connectivity index (χ0v) is 16.7. The third kappa shape index (κ3) is 5.59. The lowest BCUT2D eigenvalue weighted by Crippen LogP contribution is -2.38. The summed E-state index contributed by atoms with van der Waals surface area (Å²) in [5.74, 6) is -0.221. The van der Waals surface area contributed by atoms with Crippen LogP contribution < -0.4 is 0 Å². The molecule has 5 nitrogen and oxygen atoms in total. The molecule has 0 saturated carbocycles. The van der Waals surface area contributed by atoms with Gasteiger partial charge in [-0.25, -0.2) is 0 Å². The number of alkyl halides is 3. The number of carbonyl (C=O) groups is 1. The summed E-state index contributed by atoms with van der Waals surface area (Å²) >= 11 is 0. The van der Waals surface area contributed by atoms with Crippen LogP contribution in [0.3, 0.4) is 0 Å². The third-order valence-corrected chi connectivity index (χ3v) is 5.42. The number of esters is 1. The molecular formula is C21H26F3N3O2. The van der Waals surface area contributed by atoms with Gasteiger partial charge in [-0.15, -0.1) is 0 Å². The summed E-state index contributed by atoms with van der Waals surface area (Å²) in [6.07, 6.45) is 1.92. The summed E-state index contributed by atoms with van der Waals surface area (Å²) in [6, 6.07) is 5.24. The van der Waals surface area contributed by atoms with E-state index in [1.54, 1.807) is 10.9 Å². The van der Waals surface area contributed by atoms with Gasteiger partial charge in [0.2, 0.25) is 0 Å². The van der Waals surface area contributed by atoms with Crippen molar-refractivity contribution in [2.45, 2.75) is 37.9 Å². The van der Waals surface area contributed by atoms with Gasteiger partial charge in [-0.1, -0.05) is 12.1 Å². The van der Waals surface area contributed by atoms with E-state index in [9.17, 15) is 18.0 Å². The minimum absolute atomic E-state index is 0.0489. The molecule has 0 aliphatic carbocycles. The van der Waals surface area contributed by atoms with E-state index in [-0.39, 0.29) is 31.0 Å². The van der Waals surface area contributed by atoms with E-state index < -0.39 is 11.7 Å². The smallest absolute Gasteiger partial charge is 0.416 e. The summed E-state index contributed by atoms with van der Waals surface area (Å²) in [5, 5.41) is 4.08. The number of aromatic nitrogens is 2. The van der Waals surface area contributed by atoms with Gasteiger partial charge in [0, 0.05) is 31.6 Å². The van der Waals surface area contributed by atoms with Crippen molar-refractivity contribution in [1.82, 2.24) is 14.7 Å². The number of benzene rings is 1. The summed E-state index contributed by atoms with van der Waals surface area (Å²) in [4.78, 5) is 14.3. The summed E-state index contributed by atoms with van der Waals surface area (Å²) < 4.78 is 45.7. The van der Waals surface area contributed by atoms with Crippen molar-refractivity contribution < 1.29 is 22.7 Å². The van der Waals surface area contributed by atoms with Crippen LogP contribution >= 0.6 is 0 Å². The Labute approximate surface area is 168 Å². The van der Waals surface area contributed by atoms with E-state index in [1.165, 1.54) is 12.1 Å². The zero-order chi connectivity index (χ0) is 21.0. The van der Waals surface area contributed by atoms with E-state index >= 15 is 0 Å². The van der Waals surface area contributed by atoms with E-state index in [2.05, 4.69) is 10.00 Å². The fourth-order valence-electron chi connectivity index (χ4n) is 3.95. The molecule has 3 rings (SSSR count). The number of nitrogens with zero attached hydrogens (tertiary/aromatic N) is 3. The molecule has 29 heavy (non-hydrogen) atoms. The van der Waals surface area contributed by atoms with E-state index in [1.807, 2.05) is 20.3 Å². The third-order valence-electron chi connectivity index (χ3n) is 5.42. The molecule has 158 valence electrons. The molecule has 1 aromatic heterocycles. The Kier molecular flexibility index (Phi) is 6.62. The quantitative estimate of drug-likeness (QED) is 0.677. The Balaban J connectivity index is 1.60. The molecule has 2 aromatic rings. The average molecular weight is 409 g/mol. The first-order chi connectivity index (χ1) is 13.7. The van der Waals surface area contributed by atoms with Crippen molar-refractivity contribution in [1.29, 1.82) is 0 Å². The van der Waals surface area contributed by atoms with Crippen LogP contribution in [0.4, 0.5) is 13.2 Å².